The Bertz CT molecular complexity index is 405. The van der Waals surface area contributed by atoms with Crippen LogP contribution in [0.3, 0.4) is 0 Å². The maximum atomic E-state index is 12.2. The fourth-order valence-electron chi connectivity index (χ4n) is 2.69. The van der Waals surface area contributed by atoms with E-state index in [0.717, 1.165) is 6.42 Å². The SMILES string of the molecule is CCCNC(=O)N1CCC2(CC1)N(C)C(=O)CS2=O. The maximum Gasteiger partial charge on any atom is 0.317 e. The number of hydrogen-bond donors (Lipinski definition) is 1. The van der Waals surface area contributed by atoms with Gasteiger partial charge in [0, 0.05) is 39.5 Å². The fourth-order valence-corrected chi connectivity index (χ4v) is 4.42. The molecule has 1 unspecified atom stereocenters. The number of carbonyl (C=O) groups excluding carboxylic acids is 2. The molecule has 2 heterocycles. The van der Waals surface area contributed by atoms with Gasteiger partial charge in [-0.25, -0.2) is 4.79 Å². The number of amides is 3. The molecule has 2 saturated heterocycles. The van der Waals surface area contributed by atoms with Gasteiger partial charge in [-0.05, 0) is 6.42 Å². The minimum atomic E-state index is -1.14. The number of urea groups is 1. The van der Waals surface area contributed by atoms with E-state index in [4.69, 9.17) is 0 Å². The predicted molar refractivity (Wildman–Crippen MR) is 73.0 cm³/mol. The van der Waals surface area contributed by atoms with E-state index >= 15 is 0 Å². The average molecular weight is 287 g/mol. The molecule has 7 heteroatoms. The Kier molecular flexibility index (Phi) is 4.13. The molecule has 1 spiro atoms. The monoisotopic (exact) mass is 287 g/mol. The van der Waals surface area contributed by atoms with E-state index in [1.807, 2.05) is 6.92 Å². The number of hydrogen-bond acceptors (Lipinski definition) is 3. The summed E-state index contributed by atoms with van der Waals surface area (Å²) in [6, 6.07) is -0.0607. The van der Waals surface area contributed by atoms with Crippen molar-refractivity contribution in [1.29, 1.82) is 0 Å². The highest BCUT2D eigenvalue weighted by molar-refractivity contribution is 7.87. The van der Waals surface area contributed by atoms with Crippen molar-refractivity contribution in [2.75, 3.05) is 32.4 Å². The van der Waals surface area contributed by atoms with E-state index < -0.39 is 15.7 Å². The molecule has 0 bridgehead atoms. The number of likely N-dealkylation sites (tertiary alicyclic amines) is 1. The van der Waals surface area contributed by atoms with Gasteiger partial charge in [-0.1, -0.05) is 6.92 Å². The second-order valence-electron chi connectivity index (χ2n) is 5.11. The van der Waals surface area contributed by atoms with Crippen molar-refractivity contribution in [1.82, 2.24) is 15.1 Å². The second kappa shape index (κ2) is 5.48. The van der Waals surface area contributed by atoms with Crippen LogP contribution in [0.1, 0.15) is 26.2 Å². The summed E-state index contributed by atoms with van der Waals surface area (Å²) in [5.41, 5.74) is 0. The molecule has 0 aromatic rings. The molecule has 6 nitrogen and oxygen atoms in total. The summed E-state index contributed by atoms with van der Waals surface area (Å²) in [5.74, 6) is 0.0700. The molecule has 2 fully saturated rings. The molecule has 2 aliphatic rings. The molecule has 2 rings (SSSR count). The van der Waals surface area contributed by atoms with Crippen molar-refractivity contribution in [3.63, 3.8) is 0 Å². The zero-order chi connectivity index (χ0) is 14.0. The Morgan fingerprint density at radius 3 is 2.53 bits per heavy atom. The van der Waals surface area contributed by atoms with Crippen LogP contribution in [0.5, 0.6) is 0 Å². The highest BCUT2D eigenvalue weighted by atomic mass is 32.2. The Balaban J connectivity index is 1.97. The summed E-state index contributed by atoms with van der Waals surface area (Å²) in [7, 11) is 0.579. The Morgan fingerprint density at radius 1 is 1.42 bits per heavy atom. The van der Waals surface area contributed by atoms with Crippen molar-refractivity contribution in [3.8, 4) is 0 Å². The number of piperidine rings is 1. The first-order chi connectivity index (χ1) is 9.01. The number of nitrogens with zero attached hydrogens (tertiary/aromatic N) is 2. The first kappa shape index (κ1) is 14.3. The number of carbonyl (C=O) groups is 2. The molecule has 1 N–H and O–H groups in total. The molecular weight excluding hydrogens is 266 g/mol. The normalized spacial score (nSPS) is 26.0. The van der Waals surface area contributed by atoms with Gasteiger partial charge in [0.1, 0.15) is 10.6 Å². The molecule has 108 valence electrons. The smallest absolute Gasteiger partial charge is 0.317 e. The van der Waals surface area contributed by atoms with E-state index in [0.29, 0.717) is 32.5 Å². The van der Waals surface area contributed by atoms with Gasteiger partial charge < -0.3 is 15.1 Å². The van der Waals surface area contributed by atoms with Crippen LogP contribution in [0.4, 0.5) is 4.79 Å². The first-order valence-corrected chi connectivity index (χ1v) is 8.01. The molecular formula is C12H21N3O3S. The average Bonchev–Trinajstić information content (AvgIpc) is 2.61. The van der Waals surface area contributed by atoms with Gasteiger partial charge >= 0.3 is 6.03 Å². The Morgan fingerprint density at radius 2 is 2.05 bits per heavy atom. The van der Waals surface area contributed by atoms with Gasteiger partial charge in [-0.3, -0.25) is 9.00 Å². The molecule has 1 atom stereocenters. The molecule has 3 amide bonds. The van der Waals surface area contributed by atoms with Gasteiger partial charge in [0.2, 0.25) is 5.91 Å². The topological polar surface area (TPSA) is 69.7 Å². The van der Waals surface area contributed by atoms with Crippen LogP contribution in [-0.4, -0.2) is 63.3 Å². The quantitative estimate of drug-likeness (QED) is 0.784. The van der Waals surface area contributed by atoms with Crippen molar-refractivity contribution >= 4 is 22.7 Å². The predicted octanol–water partition coefficient (Wildman–Crippen LogP) is 0.119. The van der Waals surface area contributed by atoms with Crippen LogP contribution in [0, 0.1) is 0 Å². The highest BCUT2D eigenvalue weighted by Gasteiger charge is 2.51. The summed E-state index contributed by atoms with van der Waals surface area (Å²) in [6.07, 6.45) is 2.10. The fraction of sp³-hybridized carbons (Fsp3) is 0.833. The summed E-state index contributed by atoms with van der Waals surface area (Å²) in [4.78, 5) is 26.3. The standard InChI is InChI=1S/C12H21N3O3S/c1-3-6-13-11(17)15-7-4-12(5-8-15)14(2)10(16)9-19(12)18/h3-9H2,1-2H3,(H,13,17). The lowest BCUT2D eigenvalue weighted by Gasteiger charge is -2.41. The zero-order valence-electron chi connectivity index (χ0n) is 11.5. The summed E-state index contributed by atoms with van der Waals surface area (Å²) in [5, 5.41) is 2.84. The summed E-state index contributed by atoms with van der Waals surface area (Å²) in [6.45, 7) is 3.79. The Hall–Kier alpha value is -1.11. The second-order valence-corrected chi connectivity index (χ2v) is 6.85. The lowest BCUT2D eigenvalue weighted by molar-refractivity contribution is -0.129. The lowest BCUT2D eigenvalue weighted by atomic mass is 10.0. The molecule has 19 heavy (non-hydrogen) atoms. The molecule has 0 aliphatic carbocycles. The molecule has 0 saturated carbocycles. The molecule has 2 aliphatic heterocycles. The first-order valence-electron chi connectivity index (χ1n) is 6.69. The third-order valence-electron chi connectivity index (χ3n) is 4.02. The largest absolute Gasteiger partial charge is 0.338 e. The van der Waals surface area contributed by atoms with Crippen LogP contribution in [0.25, 0.3) is 0 Å². The van der Waals surface area contributed by atoms with Gasteiger partial charge in [0.15, 0.2) is 0 Å². The highest BCUT2D eigenvalue weighted by Crippen LogP contribution is 2.36. The summed E-state index contributed by atoms with van der Waals surface area (Å²) < 4.78 is 12.2. The van der Waals surface area contributed by atoms with E-state index in [1.165, 1.54) is 0 Å². The van der Waals surface area contributed by atoms with Gasteiger partial charge in [-0.2, -0.15) is 0 Å². The van der Waals surface area contributed by atoms with Crippen LogP contribution < -0.4 is 5.32 Å². The third kappa shape index (κ3) is 2.48. The van der Waals surface area contributed by atoms with E-state index in [2.05, 4.69) is 5.32 Å². The van der Waals surface area contributed by atoms with E-state index in [1.54, 1.807) is 16.8 Å². The number of rotatable bonds is 2. The van der Waals surface area contributed by atoms with E-state index in [-0.39, 0.29) is 17.7 Å². The molecule has 0 aromatic carbocycles. The third-order valence-corrected chi connectivity index (χ3v) is 6.06. The minimum Gasteiger partial charge on any atom is -0.338 e. The van der Waals surface area contributed by atoms with Gasteiger partial charge in [0.25, 0.3) is 0 Å². The van der Waals surface area contributed by atoms with Crippen LogP contribution in [0.15, 0.2) is 0 Å². The molecule has 0 radical (unpaired) electrons. The maximum absolute atomic E-state index is 12.2. The molecule has 0 aromatic heterocycles. The lowest BCUT2D eigenvalue weighted by Crippen LogP contribution is -2.55. The van der Waals surface area contributed by atoms with Crippen molar-refractivity contribution in [2.24, 2.45) is 0 Å². The minimum absolute atomic E-state index is 0.0535. The van der Waals surface area contributed by atoms with Crippen LogP contribution >= 0.6 is 0 Å². The van der Waals surface area contributed by atoms with Crippen LogP contribution in [0.2, 0.25) is 0 Å². The van der Waals surface area contributed by atoms with Crippen molar-refractivity contribution in [3.05, 3.63) is 0 Å². The Labute approximate surface area is 116 Å². The zero-order valence-corrected chi connectivity index (χ0v) is 12.3. The van der Waals surface area contributed by atoms with Crippen molar-refractivity contribution < 1.29 is 13.8 Å². The van der Waals surface area contributed by atoms with Gasteiger partial charge in [0.05, 0.1) is 10.8 Å². The van der Waals surface area contributed by atoms with E-state index in [9.17, 15) is 13.8 Å². The van der Waals surface area contributed by atoms with Crippen molar-refractivity contribution in [2.45, 2.75) is 31.1 Å². The van der Waals surface area contributed by atoms with Crippen LogP contribution in [-0.2, 0) is 15.6 Å². The summed E-state index contributed by atoms with van der Waals surface area (Å²) >= 11 is 0. The number of nitrogens with one attached hydrogen (secondary N) is 1. The van der Waals surface area contributed by atoms with Gasteiger partial charge in [-0.15, -0.1) is 0 Å².